The van der Waals surface area contributed by atoms with Gasteiger partial charge in [-0.1, -0.05) is 30.3 Å². The van der Waals surface area contributed by atoms with E-state index in [9.17, 15) is 4.79 Å². The smallest absolute Gasteiger partial charge is 0.319 e. The molecule has 1 aromatic heterocycles. The first-order chi connectivity index (χ1) is 12.3. The highest BCUT2D eigenvalue weighted by Crippen LogP contribution is 2.21. The van der Waals surface area contributed by atoms with Crippen LogP contribution in [0, 0.1) is 11.3 Å². The van der Waals surface area contributed by atoms with Gasteiger partial charge < -0.3 is 10.6 Å². The summed E-state index contributed by atoms with van der Waals surface area (Å²) < 4.78 is 0. The van der Waals surface area contributed by atoms with E-state index in [1.807, 2.05) is 48.5 Å². The predicted molar refractivity (Wildman–Crippen MR) is 95.8 cm³/mol. The van der Waals surface area contributed by atoms with Gasteiger partial charge in [0.1, 0.15) is 0 Å². The minimum absolute atomic E-state index is 0.289. The second-order valence-electron chi connectivity index (χ2n) is 5.41. The van der Waals surface area contributed by atoms with Gasteiger partial charge in [-0.25, -0.2) is 4.79 Å². The van der Waals surface area contributed by atoms with Crippen molar-refractivity contribution < 1.29 is 4.79 Å². The van der Waals surface area contributed by atoms with Crippen LogP contribution in [0.3, 0.4) is 0 Å². The van der Waals surface area contributed by atoms with Gasteiger partial charge in [0.05, 0.1) is 17.7 Å². The number of nitriles is 1. The molecule has 1 heterocycles. The first-order valence-electron chi connectivity index (χ1n) is 7.79. The van der Waals surface area contributed by atoms with Crippen LogP contribution in [-0.2, 0) is 0 Å². The number of benzene rings is 2. The van der Waals surface area contributed by atoms with Gasteiger partial charge >= 0.3 is 6.03 Å². The number of nitrogens with zero attached hydrogens (tertiary/aromatic N) is 2. The predicted octanol–water partition coefficient (Wildman–Crippen LogP) is 3.86. The molecule has 5 heteroatoms. The van der Waals surface area contributed by atoms with E-state index in [2.05, 4.69) is 15.6 Å². The molecule has 2 amide bonds. The van der Waals surface area contributed by atoms with Crippen LogP contribution in [0.15, 0.2) is 79.1 Å². The number of hydrogen-bond acceptors (Lipinski definition) is 3. The molecular formula is C20H16N4O. The van der Waals surface area contributed by atoms with Crippen LogP contribution >= 0.6 is 0 Å². The third kappa shape index (κ3) is 4.21. The summed E-state index contributed by atoms with van der Waals surface area (Å²) in [5.74, 6) is 0. The Hall–Kier alpha value is -3.65. The van der Waals surface area contributed by atoms with Crippen molar-refractivity contribution in [2.75, 3.05) is 5.32 Å². The Morgan fingerprint density at radius 1 is 0.920 bits per heavy atom. The van der Waals surface area contributed by atoms with E-state index in [1.165, 1.54) is 0 Å². The molecule has 3 aromatic rings. The second-order valence-corrected chi connectivity index (χ2v) is 5.41. The zero-order chi connectivity index (χ0) is 17.5. The number of nitrogens with one attached hydrogen (secondary N) is 2. The van der Waals surface area contributed by atoms with E-state index < -0.39 is 0 Å². The topological polar surface area (TPSA) is 77.8 Å². The average Bonchev–Trinajstić information content (AvgIpc) is 2.68. The summed E-state index contributed by atoms with van der Waals surface area (Å²) in [6.07, 6.45) is 3.40. The van der Waals surface area contributed by atoms with Crippen molar-refractivity contribution in [3.63, 3.8) is 0 Å². The maximum Gasteiger partial charge on any atom is 0.319 e. The molecule has 25 heavy (non-hydrogen) atoms. The fourth-order valence-corrected chi connectivity index (χ4v) is 2.49. The molecule has 2 N–H and O–H groups in total. The minimum Gasteiger partial charge on any atom is -0.327 e. The third-order valence-electron chi connectivity index (χ3n) is 3.72. The highest BCUT2D eigenvalue weighted by atomic mass is 16.2. The molecular weight excluding hydrogens is 312 g/mol. The van der Waals surface area contributed by atoms with Crippen molar-refractivity contribution in [1.29, 1.82) is 5.26 Å². The van der Waals surface area contributed by atoms with Crippen molar-refractivity contribution >= 4 is 11.7 Å². The molecule has 1 unspecified atom stereocenters. The van der Waals surface area contributed by atoms with Gasteiger partial charge in [0.25, 0.3) is 0 Å². The van der Waals surface area contributed by atoms with Crippen molar-refractivity contribution in [3.05, 3.63) is 95.8 Å². The molecule has 0 fully saturated rings. The third-order valence-corrected chi connectivity index (χ3v) is 3.72. The fourth-order valence-electron chi connectivity index (χ4n) is 2.49. The molecule has 5 nitrogen and oxygen atoms in total. The number of amides is 2. The summed E-state index contributed by atoms with van der Waals surface area (Å²) >= 11 is 0. The quantitative estimate of drug-likeness (QED) is 0.763. The Labute approximate surface area is 146 Å². The minimum atomic E-state index is -0.324. The number of rotatable bonds is 4. The van der Waals surface area contributed by atoms with Gasteiger partial charge in [0.2, 0.25) is 0 Å². The summed E-state index contributed by atoms with van der Waals surface area (Å²) in [7, 11) is 0. The van der Waals surface area contributed by atoms with Gasteiger partial charge in [-0.2, -0.15) is 5.26 Å². The van der Waals surface area contributed by atoms with E-state index in [-0.39, 0.29) is 12.1 Å². The summed E-state index contributed by atoms with van der Waals surface area (Å²) in [5.41, 5.74) is 3.09. The molecule has 2 aromatic carbocycles. The standard InChI is InChI=1S/C20H16N4O/c21-14-15-6-8-18(9-7-15)23-20(25)24-19(16-4-2-1-3-5-16)17-10-12-22-13-11-17/h1-13,19H,(H2,23,24,25). The van der Waals surface area contributed by atoms with Crippen LogP contribution in [0.1, 0.15) is 22.7 Å². The summed E-state index contributed by atoms with van der Waals surface area (Å²) in [4.78, 5) is 16.5. The summed E-state index contributed by atoms with van der Waals surface area (Å²) in [5, 5.41) is 14.6. The van der Waals surface area contributed by atoms with E-state index in [1.54, 1.807) is 36.7 Å². The Bertz CT molecular complexity index is 832. The number of urea groups is 1. The number of hydrogen-bond donors (Lipinski definition) is 2. The van der Waals surface area contributed by atoms with Gasteiger partial charge in [-0.05, 0) is 47.5 Å². The van der Waals surface area contributed by atoms with E-state index in [0.717, 1.165) is 11.1 Å². The normalized spacial score (nSPS) is 11.2. The van der Waals surface area contributed by atoms with Crippen LogP contribution in [0.2, 0.25) is 0 Å². The molecule has 3 rings (SSSR count). The van der Waals surface area contributed by atoms with Gasteiger partial charge in [-0.3, -0.25) is 4.98 Å². The summed E-state index contributed by atoms with van der Waals surface area (Å²) in [6.45, 7) is 0. The number of pyridine rings is 1. The lowest BCUT2D eigenvalue weighted by molar-refractivity contribution is 0.250. The van der Waals surface area contributed by atoms with Crippen LogP contribution in [0.4, 0.5) is 10.5 Å². The molecule has 122 valence electrons. The molecule has 0 aliphatic rings. The molecule has 1 atom stereocenters. The monoisotopic (exact) mass is 328 g/mol. The molecule has 0 saturated carbocycles. The maximum atomic E-state index is 12.4. The van der Waals surface area contributed by atoms with Crippen LogP contribution in [0.25, 0.3) is 0 Å². The van der Waals surface area contributed by atoms with Gasteiger partial charge in [0, 0.05) is 18.1 Å². The summed E-state index contributed by atoms with van der Waals surface area (Å²) in [6, 6.07) is 21.6. The SMILES string of the molecule is N#Cc1ccc(NC(=O)NC(c2ccccc2)c2ccncc2)cc1. The largest absolute Gasteiger partial charge is 0.327 e. The first-order valence-corrected chi connectivity index (χ1v) is 7.79. The van der Waals surface area contributed by atoms with Crippen LogP contribution < -0.4 is 10.6 Å². The molecule has 0 radical (unpaired) electrons. The van der Waals surface area contributed by atoms with Gasteiger partial charge in [0.15, 0.2) is 0 Å². The highest BCUT2D eigenvalue weighted by molar-refractivity contribution is 5.89. The van der Waals surface area contributed by atoms with E-state index in [0.29, 0.717) is 11.3 Å². The van der Waals surface area contributed by atoms with Crippen molar-refractivity contribution in [3.8, 4) is 6.07 Å². The number of aromatic nitrogens is 1. The Balaban J connectivity index is 1.78. The Kier molecular flexibility index (Phi) is 5.03. The average molecular weight is 328 g/mol. The molecule has 0 saturated heterocycles. The first kappa shape index (κ1) is 16.2. The molecule has 0 spiro atoms. The molecule has 0 bridgehead atoms. The fraction of sp³-hybridized carbons (Fsp3) is 0.0500. The van der Waals surface area contributed by atoms with Crippen LogP contribution in [-0.4, -0.2) is 11.0 Å². The zero-order valence-electron chi connectivity index (χ0n) is 13.4. The van der Waals surface area contributed by atoms with Crippen molar-refractivity contribution in [2.45, 2.75) is 6.04 Å². The Morgan fingerprint density at radius 3 is 2.20 bits per heavy atom. The highest BCUT2D eigenvalue weighted by Gasteiger charge is 2.16. The maximum absolute atomic E-state index is 12.4. The van der Waals surface area contributed by atoms with Crippen molar-refractivity contribution in [2.24, 2.45) is 0 Å². The lowest BCUT2D eigenvalue weighted by Gasteiger charge is -2.20. The van der Waals surface area contributed by atoms with E-state index >= 15 is 0 Å². The van der Waals surface area contributed by atoms with Crippen molar-refractivity contribution in [1.82, 2.24) is 10.3 Å². The zero-order valence-corrected chi connectivity index (χ0v) is 13.4. The molecule has 0 aliphatic heterocycles. The molecule has 0 aliphatic carbocycles. The van der Waals surface area contributed by atoms with Crippen LogP contribution in [0.5, 0.6) is 0 Å². The number of carbonyl (C=O) groups is 1. The second kappa shape index (κ2) is 7.75. The lowest BCUT2D eigenvalue weighted by atomic mass is 10.00. The Morgan fingerprint density at radius 2 is 1.56 bits per heavy atom. The number of carbonyl (C=O) groups excluding carboxylic acids is 1. The number of anilines is 1. The van der Waals surface area contributed by atoms with Gasteiger partial charge in [-0.15, -0.1) is 0 Å². The van der Waals surface area contributed by atoms with E-state index in [4.69, 9.17) is 5.26 Å². The lowest BCUT2D eigenvalue weighted by Crippen LogP contribution is -2.33.